The number of amides is 1. The summed E-state index contributed by atoms with van der Waals surface area (Å²) in [7, 11) is 0. The predicted octanol–water partition coefficient (Wildman–Crippen LogP) is 3.05. The SMILES string of the molecule is O=C(c1cc(Cl)ccc1F)N1CC[C@H](O)[C@@](CO)(Cc2ccc(F)cc2)C1. The summed E-state index contributed by atoms with van der Waals surface area (Å²) in [6.45, 7) is -0.0860. The first-order chi connectivity index (χ1) is 12.8. The Kier molecular flexibility index (Phi) is 5.79. The number of nitrogens with zero attached hydrogens (tertiary/aromatic N) is 1. The van der Waals surface area contributed by atoms with Crippen molar-refractivity contribution < 1.29 is 23.8 Å². The van der Waals surface area contributed by atoms with E-state index in [2.05, 4.69) is 0 Å². The Morgan fingerprint density at radius 2 is 1.93 bits per heavy atom. The molecular weight excluding hydrogens is 376 g/mol. The maximum Gasteiger partial charge on any atom is 0.256 e. The van der Waals surface area contributed by atoms with Crippen LogP contribution in [0.2, 0.25) is 5.02 Å². The van der Waals surface area contributed by atoms with Crippen molar-refractivity contribution in [3.05, 3.63) is 70.2 Å². The van der Waals surface area contributed by atoms with Crippen molar-refractivity contribution in [2.45, 2.75) is 18.9 Å². The van der Waals surface area contributed by atoms with Gasteiger partial charge in [-0.25, -0.2) is 8.78 Å². The number of carbonyl (C=O) groups excluding carboxylic acids is 1. The van der Waals surface area contributed by atoms with Crippen molar-refractivity contribution in [2.75, 3.05) is 19.7 Å². The van der Waals surface area contributed by atoms with Crippen LogP contribution >= 0.6 is 11.6 Å². The van der Waals surface area contributed by atoms with Crippen LogP contribution in [0.3, 0.4) is 0 Å². The molecule has 0 bridgehead atoms. The normalized spacial score (nSPS) is 22.7. The fourth-order valence-corrected chi connectivity index (χ4v) is 3.72. The maximum atomic E-state index is 14.1. The summed E-state index contributed by atoms with van der Waals surface area (Å²) >= 11 is 5.88. The molecule has 1 aliphatic rings. The Labute approximate surface area is 161 Å². The van der Waals surface area contributed by atoms with Crippen LogP contribution in [0.15, 0.2) is 42.5 Å². The van der Waals surface area contributed by atoms with E-state index < -0.39 is 23.2 Å². The van der Waals surface area contributed by atoms with Gasteiger partial charge in [0.05, 0.1) is 18.3 Å². The molecule has 0 aromatic heterocycles. The Morgan fingerprint density at radius 3 is 2.59 bits per heavy atom. The van der Waals surface area contributed by atoms with Gasteiger partial charge in [0.2, 0.25) is 0 Å². The minimum Gasteiger partial charge on any atom is -0.396 e. The number of benzene rings is 2. The Balaban J connectivity index is 1.86. The van der Waals surface area contributed by atoms with Crippen molar-refractivity contribution >= 4 is 17.5 Å². The number of hydrogen-bond donors (Lipinski definition) is 2. The lowest BCUT2D eigenvalue weighted by Crippen LogP contribution is -2.56. The summed E-state index contributed by atoms with van der Waals surface area (Å²) < 4.78 is 27.2. The third kappa shape index (κ3) is 4.13. The molecule has 1 amide bonds. The van der Waals surface area contributed by atoms with Gasteiger partial charge >= 0.3 is 0 Å². The number of hydrogen-bond acceptors (Lipinski definition) is 3. The largest absolute Gasteiger partial charge is 0.396 e. The number of aliphatic hydroxyl groups is 2. The molecule has 0 radical (unpaired) electrons. The molecule has 27 heavy (non-hydrogen) atoms. The average Bonchev–Trinajstić information content (AvgIpc) is 2.67. The summed E-state index contributed by atoms with van der Waals surface area (Å²) in [5.41, 5.74) is -0.430. The smallest absolute Gasteiger partial charge is 0.256 e. The van der Waals surface area contributed by atoms with Gasteiger partial charge in [-0.15, -0.1) is 0 Å². The zero-order valence-electron chi connectivity index (χ0n) is 14.5. The lowest BCUT2D eigenvalue weighted by molar-refractivity contribution is -0.0669. The monoisotopic (exact) mass is 395 g/mol. The van der Waals surface area contributed by atoms with Crippen molar-refractivity contribution in [1.29, 1.82) is 0 Å². The molecule has 1 fully saturated rings. The van der Waals surface area contributed by atoms with Gasteiger partial charge in [-0.3, -0.25) is 4.79 Å². The van der Waals surface area contributed by atoms with Crippen molar-refractivity contribution in [3.63, 3.8) is 0 Å². The first-order valence-corrected chi connectivity index (χ1v) is 9.00. The highest BCUT2D eigenvalue weighted by Gasteiger charge is 2.44. The molecule has 2 aromatic carbocycles. The molecule has 1 heterocycles. The third-order valence-electron chi connectivity index (χ3n) is 5.12. The van der Waals surface area contributed by atoms with E-state index in [1.165, 1.54) is 29.2 Å². The zero-order valence-corrected chi connectivity index (χ0v) is 15.3. The van der Waals surface area contributed by atoms with Gasteiger partial charge in [-0.2, -0.15) is 0 Å². The molecule has 0 aliphatic carbocycles. The van der Waals surface area contributed by atoms with Crippen LogP contribution < -0.4 is 0 Å². The van der Waals surface area contributed by atoms with Crippen LogP contribution in [-0.4, -0.2) is 46.8 Å². The molecule has 0 saturated carbocycles. The topological polar surface area (TPSA) is 60.8 Å². The van der Waals surface area contributed by atoms with E-state index in [-0.39, 0.29) is 48.9 Å². The van der Waals surface area contributed by atoms with Crippen molar-refractivity contribution in [1.82, 2.24) is 4.90 Å². The van der Waals surface area contributed by atoms with Gasteiger partial charge in [-0.1, -0.05) is 23.7 Å². The van der Waals surface area contributed by atoms with Gasteiger partial charge in [0.1, 0.15) is 11.6 Å². The van der Waals surface area contributed by atoms with Gasteiger partial charge < -0.3 is 15.1 Å². The molecule has 4 nitrogen and oxygen atoms in total. The number of aliphatic hydroxyl groups excluding tert-OH is 2. The molecule has 2 aromatic rings. The van der Waals surface area contributed by atoms with Crippen molar-refractivity contribution in [2.24, 2.45) is 5.41 Å². The van der Waals surface area contributed by atoms with Crippen LogP contribution in [0.25, 0.3) is 0 Å². The Morgan fingerprint density at radius 1 is 1.22 bits per heavy atom. The molecule has 1 saturated heterocycles. The lowest BCUT2D eigenvalue weighted by Gasteiger charge is -2.45. The first-order valence-electron chi connectivity index (χ1n) is 8.62. The first kappa shape index (κ1) is 19.7. The number of carbonyl (C=O) groups is 1. The Hall–Kier alpha value is -2.02. The van der Waals surface area contributed by atoms with Crippen molar-refractivity contribution in [3.8, 4) is 0 Å². The van der Waals surface area contributed by atoms with E-state index in [1.807, 2.05) is 0 Å². The highest BCUT2D eigenvalue weighted by molar-refractivity contribution is 6.31. The standard InChI is InChI=1S/C20H20ClF2NO3/c21-14-3-6-17(23)16(9-14)19(27)24-8-7-18(26)20(11-24,12-25)10-13-1-4-15(22)5-2-13/h1-6,9,18,25-26H,7-8,10-12H2/t18-,20-/m0/s1. The molecule has 3 rings (SSSR count). The minimum absolute atomic E-state index is 0.0484. The maximum absolute atomic E-state index is 14.1. The lowest BCUT2D eigenvalue weighted by atomic mass is 9.73. The molecule has 0 unspecified atom stereocenters. The van der Waals surface area contributed by atoms with E-state index in [4.69, 9.17) is 11.6 Å². The molecule has 7 heteroatoms. The van der Waals surface area contributed by atoms with E-state index in [0.29, 0.717) is 0 Å². The summed E-state index contributed by atoms with van der Waals surface area (Å²) in [6, 6.07) is 9.53. The van der Waals surface area contributed by atoms with Gasteiger partial charge in [-0.05, 0) is 48.7 Å². The number of halogens is 3. The second-order valence-corrected chi connectivity index (χ2v) is 7.42. The summed E-state index contributed by atoms with van der Waals surface area (Å²) in [5, 5.41) is 20.8. The Bertz CT molecular complexity index is 830. The summed E-state index contributed by atoms with van der Waals surface area (Å²) in [5.74, 6) is -1.60. The van der Waals surface area contributed by atoms with Crippen LogP contribution in [0.4, 0.5) is 8.78 Å². The van der Waals surface area contributed by atoms with E-state index >= 15 is 0 Å². The predicted molar refractivity (Wildman–Crippen MR) is 97.6 cm³/mol. The second kappa shape index (κ2) is 7.92. The van der Waals surface area contributed by atoms with Crippen LogP contribution in [0.5, 0.6) is 0 Å². The molecule has 0 spiro atoms. The number of likely N-dealkylation sites (tertiary alicyclic amines) is 1. The van der Waals surface area contributed by atoms with Gasteiger partial charge in [0.15, 0.2) is 0 Å². The van der Waals surface area contributed by atoms with Gasteiger partial charge in [0.25, 0.3) is 5.91 Å². The number of piperidine rings is 1. The van der Waals surface area contributed by atoms with E-state index in [0.717, 1.165) is 11.6 Å². The van der Waals surface area contributed by atoms with Crippen LogP contribution in [0.1, 0.15) is 22.3 Å². The second-order valence-electron chi connectivity index (χ2n) is 6.98. The van der Waals surface area contributed by atoms with Crippen LogP contribution in [0, 0.1) is 17.0 Å². The molecule has 2 atom stereocenters. The minimum atomic E-state index is -1.01. The quantitative estimate of drug-likeness (QED) is 0.836. The number of rotatable bonds is 4. The summed E-state index contributed by atoms with van der Waals surface area (Å²) in [6.07, 6.45) is -0.344. The molecule has 144 valence electrons. The van der Waals surface area contributed by atoms with Gasteiger partial charge in [0, 0.05) is 23.5 Å². The molecule has 2 N–H and O–H groups in total. The van der Waals surface area contributed by atoms with E-state index in [1.54, 1.807) is 12.1 Å². The highest BCUT2D eigenvalue weighted by Crippen LogP contribution is 2.35. The highest BCUT2D eigenvalue weighted by atomic mass is 35.5. The zero-order chi connectivity index (χ0) is 19.6. The van der Waals surface area contributed by atoms with Crippen LogP contribution in [-0.2, 0) is 6.42 Å². The fraction of sp³-hybridized carbons (Fsp3) is 0.350. The summed E-state index contributed by atoms with van der Waals surface area (Å²) in [4.78, 5) is 14.2. The molecular formula is C20H20ClF2NO3. The average molecular weight is 396 g/mol. The molecule has 1 aliphatic heterocycles. The van der Waals surface area contributed by atoms with E-state index in [9.17, 15) is 23.8 Å². The third-order valence-corrected chi connectivity index (χ3v) is 5.35. The fourth-order valence-electron chi connectivity index (χ4n) is 3.55.